The van der Waals surface area contributed by atoms with Gasteiger partial charge in [0.2, 0.25) is 0 Å². The lowest BCUT2D eigenvalue weighted by Gasteiger charge is -2.24. The van der Waals surface area contributed by atoms with Crippen LogP contribution >= 0.6 is 0 Å². The van der Waals surface area contributed by atoms with Crippen LogP contribution in [0, 0.1) is 11.8 Å². The van der Waals surface area contributed by atoms with Crippen LogP contribution in [0.15, 0.2) is 42.5 Å². The number of allylic oxidation sites excluding steroid dienone is 2. The Morgan fingerprint density at radius 1 is 0.810 bits per heavy atom. The van der Waals surface area contributed by atoms with Gasteiger partial charge in [0.05, 0.1) is 13.2 Å². The quantitative estimate of drug-likeness (QED) is 0.617. The van der Waals surface area contributed by atoms with Gasteiger partial charge in [0.25, 0.3) is 0 Å². The van der Waals surface area contributed by atoms with E-state index >= 15 is 0 Å². The first kappa shape index (κ1) is 17.9. The zero-order valence-corrected chi connectivity index (χ0v) is 12.3. The minimum Gasteiger partial charge on any atom is -0.396 e. The van der Waals surface area contributed by atoms with Gasteiger partial charge in [0.15, 0.2) is 0 Å². The maximum atomic E-state index is 8.85. The fourth-order valence-corrected chi connectivity index (χ4v) is 2.37. The van der Waals surface area contributed by atoms with Gasteiger partial charge in [-0.3, -0.25) is 0 Å². The predicted molar refractivity (Wildman–Crippen MR) is 82.9 cm³/mol. The molecule has 0 heterocycles. The van der Waals surface area contributed by atoms with E-state index < -0.39 is 0 Å². The van der Waals surface area contributed by atoms with Crippen LogP contribution in [0.5, 0.6) is 0 Å². The minimum absolute atomic E-state index is 0.000509. The van der Waals surface area contributed by atoms with Gasteiger partial charge in [0.1, 0.15) is 0 Å². The number of aliphatic hydroxyl groups excluding tert-OH is 4. The lowest BCUT2D eigenvalue weighted by Crippen LogP contribution is -2.23. The van der Waals surface area contributed by atoms with Crippen molar-refractivity contribution in [1.82, 2.24) is 0 Å². The Hall–Kier alpha value is -1.20. The summed E-state index contributed by atoms with van der Waals surface area (Å²) in [6.07, 6.45) is 5.99. The van der Waals surface area contributed by atoms with E-state index in [1.165, 1.54) is 0 Å². The molecule has 0 saturated heterocycles. The zero-order valence-electron chi connectivity index (χ0n) is 12.3. The number of aliphatic hydroxyl groups is 4. The van der Waals surface area contributed by atoms with E-state index in [9.17, 15) is 0 Å². The summed E-state index contributed by atoms with van der Waals surface area (Å²) < 4.78 is 0. The highest BCUT2D eigenvalue weighted by atomic mass is 16.3. The minimum atomic E-state index is -0.129. The second-order valence-corrected chi connectivity index (χ2v) is 5.30. The molecule has 4 heteroatoms. The highest BCUT2D eigenvalue weighted by Gasteiger charge is 2.20. The standard InChI is InChI=1S/C9H12O2.C8H14O2/c10-6-9(7-11)8-4-2-1-3-5-8;9-5-7-3-1-2-4-8(7)6-10/h1-5,9-11H,6-7H2;1-2,7-10H,3-6H2. The third kappa shape index (κ3) is 5.98. The second kappa shape index (κ2) is 10.5. The first-order valence-corrected chi connectivity index (χ1v) is 7.40. The van der Waals surface area contributed by atoms with Crippen molar-refractivity contribution in [2.75, 3.05) is 26.4 Å². The molecule has 0 saturated carbocycles. The molecule has 21 heavy (non-hydrogen) atoms. The number of hydrogen-bond donors (Lipinski definition) is 4. The summed E-state index contributed by atoms with van der Waals surface area (Å²) in [5.74, 6) is 0.446. The molecular formula is C17H26O4. The maximum Gasteiger partial charge on any atom is 0.0521 e. The largest absolute Gasteiger partial charge is 0.396 e. The van der Waals surface area contributed by atoms with Crippen LogP contribution in [0.2, 0.25) is 0 Å². The average molecular weight is 294 g/mol. The van der Waals surface area contributed by atoms with Crippen LogP contribution in [-0.2, 0) is 0 Å². The fourth-order valence-electron chi connectivity index (χ4n) is 2.37. The van der Waals surface area contributed by atoms with Crippen LogP contribution in [0.4, 0.5) is 0 Å². The third-order valence-electron chi connectivity index (χ3n) is 3.89. The smallest absolute Gasteiger partial charge is 0.0521 e. The molecule has 1 aliphatic carbocycles. The van der Waals surface area contributed by atoms with E-state index in [1.807, 2.05) is 30.3 Å². The molecule has 0 amide bonds. The van der Waals surface area contributed by atoms with Gasteiger partial charge in [-0.25, -0.2) is 0 Å². The zero-order chi connectivity index (χ0) is 15.5. The number of hydrogen-bond acceptors (Lipinski definition) is 4. The maximum absolute atomic E-state index is 8.85. The monoisotopic (exact) mass is 294 g/mol. The first-order valence-electron chi connectivity index (χ1n) is 7.40. The SMILES string of the molecule is OCC(CO)c1ccccc1.OCC1CC=CCC1CO. The van der Waals surface area contributed by atoms with Crippen molar-refractivity contribution in [3.63, 3.8) is 0 Å². The van der Waals surface area contributed by atoms with Crippen LogP contribution in [0.3, 0.4) is 0 Å². The second-order valence-electron chi connectivity index (χ2n) is 5.30. The molecule has 1 aromatic rings. The van der Waals surface area contributed by atoms with Crippen molar-refractivity contribution in [3.05, 3.63) is 48.0 Å². The van der Waals surface area contributed by atoms with E-state index in [-0.39, 0.29) is 44.2 Å². The lowest BCUT2D eigenvalue weighted by molar-refractivity contribution is 0.118. The molecule has 0 aliphatic heterocycles. The molecule has 0 radical (unpaired) electrons. The Labute approximate surface area is 126 Å². The van der Waals surface area contributed by atoms with Crippen molar-refractivity contribution in [3.8, 4) is 0 Å². The molecule has 0 fully saturated rings. The molecule has 0 spiro atoms. The summed E-state index contributed by atoms with van der Waals surface area (Å²) in [5, 5.41) is 35.3. The van der Waals surface area contributed by atoms with E-state index in [4.69, 9.17) is 20.4 Å². The van der Waals surface area contributed by atoms with Gasteiger partial charge in [-0.05, 0) is 30.2 Å². The molecule has 4 N–H and O–H groups in total. The Morgan fingerprint density at radius 2 is 1.29 bits per heavy atom. The third-order valence-corrected chi connectivity index (χ3v) is 3.89. The number of rotatable bonds is 5. The Morgan fingerprint density at radius 3 is 1.67 bits per heavy atom. The fraction of sp³-hybridized carbons (Fsp3) is 0.529. The van der Waals surface area contributed by atoms with Crippen molar-refractivity contribution < 1.29 is 20.4 Å². The van der Waals surface area contributed by atoms with Crippen LogP contribution in [0.1, 0.15) is 24.3 Å². The van der Waals surface area contributed by atoms with Crippen LogP contribution in [0.25, 0.3) is 0 Å². The first-order chi connectivity index (χ1) is 10.3. The Kier molecular flexibility index (Phi) is 8.94. The molecule has 4 nitrogen and oxygen atoms in total. The van der Waals surface area contributed by atoms with Crippen molar-refractivity contribution in [1.29, 1.82) is 0 Å². The average Bonchev–Trinajstić information content (AvgIpc) is 2.57. The summed E-state index contributed by atoms with van der Waals surface area (Å²) in [4.78, 5) is 0. The van der Waals surface area contributed by atoms with Crippen molar-refractivity contribution in [2.24, 2.45) is 11.8 Å². The van der Waals surface area contributed by atoms with Gasteiger partial charge in [-0.15, -0.1) is 0 Å². The molecule has 0 aromatic heterocycles. The Bertz CT molecular complexity index is 373. The van der Waals surface area contributed by atoms with Crippen LogP contribution < -0.4 is 0 Å². The molecular weight excluding hydrogens is 268 g/mol. The summed E-state index contributed by atoms with van der Waals surface area (Å²) in [7, 11) is 0. The molecule has 2 rings (SSSR count). The van der Waals surface area contributed by atoms with Gasteiger partial charge in [0, 0.05) is 19.1 Å². The molecule has 1 aliphatic rings. The molecule has 2 atom stereocenters. The normalized spacial score (nSPS) is 21.0. The van der Waals surface area contributed by atoms with Gasteiger partial charge < -0.3 is 20.4 Å². The van der Waals surface area contributed by atoms with E-state index in [1.54, 1.807) is 0 Å². The van der Waals surface area contributed by atoms with E-state index in [0.717, 1.165) is 18.4 Å². The molecule has 2 unspecified atom stereocenters. The number of benzene rings is 1. The molecule has 118 valence electrons. The van der Waals surface area contributed by atoms with E-state index in [0.29, 0.717) is 0 Å². The highest BCUT2D eigenvalue weighted by molar-refractivity contribution is 5.19. The Balaban J connectivity index is 0.000000211. The van der Waals surface area contributed by atoms with Crippen LogP contribution in [-0.4, -0.2) is 46.9 Å². The topological polar surface area (TPSA) is 80.9 Å². The van der Waals surface area contributed by atoms with Gasteiger partial charge >= 0.3 is 0 Å². The summed E-state index contributed by atoms with van der Waals surface area (Å²) >= 11 is 0. The van der Waals surface area contributed by atoms with Crippen molar-refractivity contribution >= 4 is 0 Å². The van der Waals surface area contributed by atoms with Gasteiger partial charge in [-0.2, -0.15) is 0 Å². The summed E-state index contributed by atoms with van der Waals surface area (Å²) in [5.41, 5.74) is 0.984. The van der Waals surface area contributed by atoms with Gasteiger partial charge in [-0.1, -0.05) is 42.5 Å². The van der Waals surface area contributed by atoms with E-state index in [2.05, 4.69) is 12.2 Å². The highest BCUT2D eigenvalue weighted by Crippen LogP contribution is 2.24. The summed E-state index contributed by atoms with van der Waals surface area (Å²) in [6, 6.07) is 9.50. The molecule has 0 bridgehead atoms. The van der Waals surface area contributed by atoms with Crippen molar-refractivity contribution in [2.45, 2.75) is 18.8 Å². The summed E-state index contributed by atoms with van der Waals surface area (Å²) in [6.45, 7) is 0.409. The predicted octanol–water partition coefficient (Wildman–Crippen LogP) is 1.31. The lowest BCUT2D eigenvalue weighted by atomic mass is 9.84. The molecule has 1 aromatic carbocycles.